The second-order valence-electron chi connectivity index (χ2n) is 5.74. The summed E-state index contributed by atoms with van der Waals surface area (Å²) in [5.74, 6) is 0.619. The lowest BCUT2D eigenvalue weighted by Crippen LogP contribution is -2.11. The number of anilines is 1. The molecule has 1 heterocycles. The van der Waals surface area contributed by atoms with Crippen molar-refractivity contribution < 1.29 is 0 Å². The topological polar surface area (TPSA) is 55.9 Å². The molecule has 1 aliphatic carbocycles. The van der Waals surface area contributed by atoms with Crippen LogP contribution < -0.4 is 11.1 Å². The van der Waals surface area contributed by atoms with Crippen LogP contribution >= 0.6 is 0 Å². The molecule has 21 heavy (non-hydrogen) atoms. The second kappa shape index (κ2) is 6.76. The molecule has 1 saturated carbocycles. The van der Waals surface area contributed by atoms with Crippen molar-refractivity contribution in [2.24, 2.45) is 5.73 Å². The second-order valence-corrected chi connectivity index (χ2v) is 5.74. The molecule has 0 bridgehead atoms. The molecule has 3 N–H and O–H groups in total. The lowest BCUT2D eigenvalue weighted by molar-refractivity contribution is 0.655. The van der Waals surface area contributed by atoms with Gasteiger partial charge in [-0.1, -0.05) is 31.0 Å². The average molecular weight is 284 g/mol. The van der Waals surface area contributed by atoms with Gasteiger partial charge in [-0.05, 0) is 37.9 Å². The number of para-hydroxylation sites is 1. The van der Waals surface area contributed by atoms with E-state index >= 15 is 0 Å². The number of hydrogen-bond donors (Lipinski definition) is 2. The highest BCUT2D eigenvalue weighted by atomic mass is 15.3. The van der Waals surface area contributed by atoms with Crippen LogP contribution in [0.25, 0.3) is 5.69 Å². The van der Waals surface area contributed by atoms with E-state index in [1.807, 2.05) is 12.3 Å². The van der Waals surface area contributed by atoms with Gasteiger partial charge in [-0.3, -0.25) is 0 Å². The van der Waals surface area contributed by atoms with Gasteiger partial charge >= 0.3 is 0 Å². The summed E-state index contributed by atoms with van der Waals surface area (Å²) < 4.78 is 2.11. The van der Waals surface area contributed by atoms with Crippen molar-refractivity contribution in [3.8, 4) is 5.69 Å². The molecule has 0 unspecified atom stereocenters. The third-order valence-corrected chi connectivity index (χ3v) is 4.25. The van der Waals surface area contributed by atoms with Crippen LogP contribution in [-0.2, 0) is 0 Å². The molecule has 1 fully saturated rings. The number of nitrogens with zero attached hydrogens (tertiary/aromatic N) is 2. The standard InChI is InChI=1S/C17H24N4/c18-11-6-12-19-16-13-20-21(15-9-2-1-3-10-15)17(16)14-7-4-5-8-14/h1-3,9-10,13-14,19H,4-8,11-12,18H2. The van der Waals surface area contributed by atoms with Crippen molar-refractivity contribution in [3.05, 3.63) is 42.2 Å². The number of nitrogens with one attached hydrogen (secondary N) is 1. The predicted octanol–water partition coefficient (Wildman–Crippen LogP) is 3.29. The summed E-state index contributed by atoms with van der Waals surface area (Å²) in [4.78, 5) is 0. The Hall–Kier alpha value is -1.81. The number of benzene rings is 1. The molecule has 0 spiro atoms. The van der Waals surface area contributed by atoms with E-state index in [1.165, 1.54) is 37.1 Å². The summed E-state index contributed by atoms with van der Waals surface area (Å²) in [5, 5.41) is 8.15. The number of nitrogens with two attached hydrogens (primary N) is 1. The van der Waals surface area contributed by atoms with Crippen molar-refractivity contribution in [3.63, 3.8) is 0 Å². The van der Waals surface area contributed by atoms with E-state index in [9.17, 15) is 0 Å². The fourth-order valence-corrected chi connectivity index (χ4v) is 3.19. The van der Waals surface area contributed by atoms with Gasteiger partial charge in [-0.25, -0.2) is 4.68 Å². The van der Waals surface area contributed by atoms with Gasteiger partial charge in [-0.2, -0.15) is 5.10 Å². The molecular formula is C17H24N4. The van der Waals surface area contributed by atoms with Gasteiger partial charge < -0.3 is 11.1 Å². The zero-order valence-electron chi connectivity index (χ0n) is 12.5. The summed E-state index contributed by atoms with van der Waals surface area (Å²) in [6.45, 7) is 1.63. The Labute approximate surface area is 126 Å². The van der Waals surface area contributed by atoms with E-state index in [-0.39, 0.29) is 0 Å². The van der Waals surface area contributed by atoms with Crippen LogP contribution in [0.3, 0.4) is 0 Å². The maximum atomic E-state index is 5.59. The molecule has 4 nitrogen and oxygen atoms in total. The van der Waals surface area contributed by atoms with Crippen LogP contribution in [0.15, 0.2) is 36.5 Å². The largest absolute Gasteiger partial charge is 0.382 e. The van der Waals surface area contributed by atoms with Gasteiger partial charge in [-0.15, -0.1) is 0 Å². The van der Waals surface area contributed by atoms with Gasteiger partial charge in [0.1, 0.15) is 0 Å². The first-order valence-electron chi connectivity index (χ1n) is 7.97. The first-order valence-corrected chi connectivity index (χ1v) is 7.97. The molecule has 0 amide bonds. The molecule has 4 heteroatoms. The van der Waals surface area contributed by atoms with Crippen LogP contribution in [0, 0.1) is 0 Å². The van der Waals surface area contributed by atoms with E-state index in [0.717, 1.165) is 25.2 Å². The van der Waals surface area contributed by atoms with Crippen molar-refractivity contribution in [1.82, 2.24) is 9.78 Å². The van der Waals surface area contributed by atoms with Crippen molar-refractivity contribution in [2.75, 3.05) is 18.4 Å². The molecule has 2 aromatic rings. The molecule has 0 aliphatic heterocycles. The molecule has 1 aromatic heterocycles. The van der Waals surface area contributed by atoms with Crippen LogP contribution in [-0.4, -0.2) is 22.9 Å². The smallest absolute Gasteiger partial charge is 0.0766 e. The Bertz CT molecular complexity index is 555. The minimum absolute atomic E-state index is 0.619. The van der Waals surface area contributed by atoms with Crippen molar-refractivity contribution in [1.29, 1.82) is 0 Å². The minimum Gasteiger partial charge on any atom is -0.382 e. The summed E-state index contributed by atoms with van der Waals surface area (Å²) >= 11 is 0. The zero-order valence-corrected chi connectivity index (χ0v) is 12.5. The SMILES string of the molecule is NCCCNc1cnn(-c2ccccc2)c1C1CCCC1. The molecule has 1 aliphatic rings. The zero-order chi connectivity index (χ0) is 14.5. The summed E-state index contributed by atoms with van der Waals surface area (Å²) in [6, 6.07) is 10.4. The summed E-state index contributed by atoms with van der Waals surface area (Å²) in [7, 11) is 0. The van der Waals surface area contributed by atoms with Gasteiger partial charge in [0.2, 0.25) is 0 Å². The highest BCUT2D eigenvalue weighted by Crippen LogP contribution is 2.38. The third kappa shape index (κ3) is 3.10. The minimum atomic E-state index is 0.619. The monoisotopic (exact) mass is 284 g/mol. The predicted molar refractivity (Wildman–Crippen MR) is 86.9 cm³/mol. The molecule has 0 radical (unpaired) electrons. The first kappa shape index (κ1) is 14.1. The average Bonchev–Trinajstić information content (AvgIpc) is 3.17. The summed E-state index contributed by atoms with van der Waals surface area (Å²) in [5.41, 5.74) is 9.26. The van der Waals surface area contributed by atoms with E-state index in [2.05, 4.69) is 39.4 Å². The Balaban J connectivity index is 1.92. The van der Waals surface area contributed by atoms with Gasteiger partial charge in [0, 0.05) is 12.5 Å². The molecule has 1 aromatic carbocycles. The van der Waals surface area contributed by atoms with Crippen LogP contribution in [0.4, 0.5) is 5.69 Å². The van der Waals surface area contributed by atoms with E-state index < -0.39 is 0 Å². The number of hydrogen-bond acceptors (Lipinski definition) is 3. The van der Waals surface area contributed by atoms with Crippen molar-refractivity contribution >= 4 is 5.69 Å². The van der Waals surface area contributed by atoms with Crippen LogP contribution in [0.1, 0.15) is 43.7 Å². The quantitative estimate of drug-likeness (QED) is 0.800. The highest BCUT2D eigenvalue weighted by Gasteiger charge is 2.25. The maximum absolute atomic E-state index is 5.59. The fraction of sp³-hybridized carbons (Fsp3) is 0.471. The van der Waals surface area contributed by atoms with Gasteiger partial charge in [0.05, 0.1) is 23.3 Å². The Kier molecular flexibility index (Phi) is 4.55. The third-order valence-electron chi connectivity index (χ3n) is 4.25. The summed E-state index contributed by atoms with van der Waals surface area (Å²) in [6.07, 6.45) is 8.14. The highest BCUT2D eigenvalue weighted by molar-refractivity contribution is 5.52. The molecule has 3 rings (SSSR count). The van der Waals surface area contributed by atoms with E-state index in [4.69, 9.17) is 5.73 Å². The Morgan fingerprint density at radius 2 is 1.95 bits per heavy atom. The molecule has 112 valence electrons. The lowest BCUT2D eigenvalue weighted by atomic mass is 10.0. The number of aromatic nitrogens is 2. The normalized spacial score (nSPS) is 15.5. The first-order chi connectivity index (χ1) is 10.4. The van der Waals surface area contributed by atoms with Gasteiger partial charge in [0.15, 0.2) is 0 Å². The van der Waals surface area contributed by atoms with E-state index in [1.54, 1.807) is 0 Å². The van der Waals surface area contributed by atoms with Gasteiger partial charge in [0.25, 0.3) is 0 Å². The number of rotatable bonds is 6. The van der Waals surface area contributed by atoms with Crippen molar-refractivity contribution in [2.45, 2.75) is 38.0 Å². The van der Waals surface area contributed by atoms with E-state index in [0.29, 0.717) is 5.92 Å². The molecular weight excluding hydrogens is 260 g/mol. The molecule has 0 atom stereocenters. The fourth-order valence-electron chi connectivity index (χ4n) is 3.19. The van der Waals surface area contributed by atoms with Crippen LogP contribution in [0.5, 0.6) is 0 Å². The Morgan fingerprint density at radius 1 is 1.19 bits per heavy atom. The molecule has 0 saturated heterocycles. The maximum Gasteiger partial charge on any atom is 0.0766 e. The lowest BCUT2D eigenvalue weighted by Gasteiger charge is -2.16. The Morgan fingerprint density at radius 3 is 2.67 bits per heavy atom. The van der Waals surface area contributed by atoms with Crippen LogP contribution in [0.2, 0.25) is 0 Å².